The summed E-state index contributed by atoms with van der Waals surface area (Å²) in [6, 6.07) is 9.65. The number of carbonyl (C=O) groups is 1. The number of nitrogens with one attached hydrogen (secondary N) is 1. The topological polar surface area (TPSA) is 67.4 Å². The van der Waals surface area contributed by atoms with Gasteiger partial charge in [0.05, 0.1) is 6.54 Å². The highest BCUT2D eigenvalue weighted by Gasteiger charge is 2.19. The molecule has 1 aliphatic heterocycles. The molecule has 26 heavy (non-hydrogen) atoms. The van der Waals surface area contributed by atoms with E-state index >= 15 is 0 Å². The minimum absolute atomic E-state index is 0.0583. The van der Waals surface area contributed by atoms with Crippen LogP contribution in [-0.2, 0) is 0 Å². The molecule has 1 aliphatic rings. The van der Waals surface area contributed by atoms with E-state index in [2.05, 4.69) is 27.1 Å². The molecule has 2 amide bonds. The number of benzene rings is 1. The number of carbonyl (C=O) groups excluding carboxylic acids is 1. The summed E-state index contributed by atoms with van der Waals surface area (Å²) >= 11 is 1.54. The van der Waals surface area contributed by atoms with Gasteiger partial charge >= 0.3 is 6.03 Å². The van der Waals surface area contributed by atoms with E-state index in [9.17, 15) is 4.79 Å². The number of ether oxygens (including phenoxy) is 1. The molecule has 1 aromatic carbocycles. The van der Waals surface area contributed by atoms with Gasteiger partial charge in [0.1, 0.15) is 17.6 Å². The lowest BCUT2D eigenvalue weighted by Crippen LogP contribution is -2.32. The summed E-state index contributed by atoms with van der Waals surface area (Å²) in [6.45, 7) is 2.21. The number of hydrogen-bond donors (Lipinski definition) is 1. The van der Waals surface area contributed by atoms with Crippen LogP contribution in [0.5, 0.6) is 5.88 Å². The van der Waals surface area contributed by atoms with Crippen molar-refractivity contribution in [2.45, 2.75) is 0 Å². The first-order valence-electron chi connectivity index (χ1n) is 8.26. The third kappa shape index (κ3) is 3.60. The van der Waals surface area contributed by atoms with Crippen molar-refractivity contribution in [3.63, 3.8) is 0 Å². The van der Waals surface area contributed by atoms with Crippen molar-refractivity contribution in [3.05, 3.63) is 52.3 Å². The van der Waals surface area contributed by atoms with E-state index in [0.29, 0.717) is 37.8 Å². The molecule has 6 nitrogen and oxygen atoms in total. The maximum atomic E-state index is 11.6. The van der Waals surface area contributed by atoms with Gasteiger partial charge < -0.3 is 15.0 Å². The largest absolute Gasteiger partial charge is 0.474 e. The zero-order valence-electron chi connectivity index (χ0n) is 13.9. The zero-order chi connectivity index (χ0) is 17.8. The minimum Gasteiger partial charge on any atom is -0.474 e. The molecule has 1 N–H and O–H groups in total. The van der Waals surface area contributed by atoms with Gasteiger partial charge in [-0.05, 0) is 18.1 Å². The lowest BCUT2D eigenvalue weighted by Gasteiger charge is -2.14. The molecule has 4 rings (SSSR count). The second kappa shape index (κ2) is 7.42. The number of thiophene rings is 1. The van der Waals surface area contributed by atoms with Crippen LogP contribution in [0.1, 0.15) is 11.3 Å². The van der Waals surface area contributed by atoms with Gasteiger partial charge in [-0.3, -0.25) is 0 Å². The Labute approximate surface area is 154 Å². The minimum atomic E-state index is -0.0583. The van der Waals surface area contributed by atoms with Gasteiger partial charge in [-0.2, -0.15) is 0 Å². The number of aromatic nitrogens is 2. The van der Waals surface area contributed by atoms with Crippen molar-refractivity contribution in [2.24, 2.45) is 0 Å². The lowest BCUT2D eigenvalue weighted by molar-refractivity contribution is 0.201. The highest BCUT2D eigenvalue weighted by Crippen LogP contribution is 2.21. The van der Waals surface area contributed by atoms with Crippen molar-refractivity contribution < 1.29 is 9.53 Å². The third-order valence-corrected chi connectivity index (χ3v) is 4.64. The fourth-order valence-corrected chi connectivity index (χ4v) is 3.27. The molecule has 130 valence electrons. The zero-order valence-corrected chi connectivity index (χ0v) is 14.8. The van der Waals surface area contributed by atoms with E-state index in [4.69, 9.17) is 4.74 Å². The summed E-state index contributed by atoms with van der Waals surface area (Å²) in [5.74, 6) is 6.56. The first-order chi connectivity index (χ1) is 12.8. The summed E-state index contributed by atoms with van der Waals surface area (Å²) < 4.78 is 5.82. The van der Waals surface area contributed by atoms with E-state index in [1.165, 1.54) is 11.3 Å². The lowest BCUT2D eigenvalue weighted by atomic mass is 10.2. The van der Waals surface area contributed by atoms with Crippen LogP contribution < -0.4 is 10.1 Å². The molecule has 2 aromatic heterocycles. The van der Waals surface area contributed by atoms with Crippen LogP contribution in [-0.4, -0.2) is 47.1 Å². The second-order valence-corrected chi connectivity index (χ2v) is 6.45. The Morgan fingerprint density at radius 3 is 2.73 bits per heavy atom. The van der Waals surface area contributed by atoms with E-state index in [0.717, 1.165) is 16.6 Å². The van der Waals surface area contributed by atoms with Crippen LogP contribution in [0.3, 0.4) is 0 Å². The predicted molar refractivity (Wildman–Crippen MR) is 100 cm³/mol. The summed E-state index contributed by atoms with van der Waals surface area (Å²) in [7, 11) is 0. The van der Waals surface area contributed by atoms with Gasteiger partial charge in [-0.1, -0.05) is 24.1 Å². The monoisotopic (exact) mass is 364 g/mol. The highest BCUT2D eigenvalue weighted by molar-refractivity contribution is 7.09. The van der Waals surface area contributed by atoms with Crippen molar-refractivity contribution in [2.75, 3.05) is 26.2 Å². The summed E-state index contributed by atoms with van der Waals surface area (Å²) in [4.78, 5) is 22.4. The van der Waals surface area contributed by atoms with Gasteiger partial charge in [0, 0.05) is 29.4 Å². The molecule has 0 radical (unpaired) electrons. The maximum Gasteiger partial charge on any atom is 0.317 e. The Kier molecular flexibility index (Phi) is 4.67. The van der Waals surface area contributed by atoms with Crippen molar-refractivity contribution >= 4 is 28.4 Å². The third-order valence-electron chi connectivity index (χ3n) is 3.92. The Balaban J connectivity index is 1.56. The van der Waals surface area contributed by atoms with Crippen molar-refractivity contribution in [1.29, 1.82) is 0 Å². The number of urea groups is 1. The number of nitrogens with zero attached hydrogens (tertiary/aromatic N) is 3. The van der Waals surface area contributed by atoms with E-state index in [-0.39, 0.29) is 6.03 Å². The Morgan fingerprint density at radius 1 is 1.15 bits per heavy atom. The van der Waals surface area contributed by atoms with Crippen LogP contribution in [0.2, 0.25) is 0 Å². The number of hydrogen-bond acceptors (Lipinski definition) is 5. The van der Waals surface area contributed by atoms with Gasteiger partial charge in [0.15, 0.2) is 5.69 Å². The molecule has 0 unspecified atom stereocenters. The normalized spacial score (nSPS) is 13.4. The van der Waals surface area contributed by atoms with Crippen molar-refractivity contribution in [1.82, 2.24) is 20.2 Å². The average molecular weight is 364 g/mol. The first kappa shape index (κ1) is 16.4. The number of fused-ring (bicyclic) bond motifs is 1. The molecule has 1 fully saturated rings. The summed E-state index contributed by atoms with van der Waals surface area (Å²) in [6.07, 6.45) is 0. The molecule has 3 aromatic rings. The van der Waals surface area contributed by atoms with Crippen LogP contribution in [0, 0.1) is 11.8 Å². The smallest absolute Gasteiger partial charge is 0.317 e. The molecular weight excluding hydrogens is 348 g/mol. The van der Waals surface area contributed by atoms with Gasteiger partial charge in [0.2, 0.25) is 5.88 Å². The van der Waals surface area contributed by atoms with Crippen LogP contribution >= 0.6 is 11.3 Å². The molecule has 0 bridgehead atoms. The van der Waals surface area contributed by atoms with Gasteiger partial charge in [-0.25, -0.2) is 14.8 Å². The molecule has 7 heteroatoms. The van der Waals surface area contributed by atoms with Crippen LogP contribution in [0.15, 0.2) is 41.1 Å². The molecule has 0 spiro atoms. The Morgan fingerprint density at radius 2 is 1.96 bits per heavy atom. The molecule has 0 aliphatic carbocycles. The molecular formula is C19H16N4O2S. The molecule has 3 heterocycles. The quantitative estimate of drug-likeness (QED) is 0.723. The maximum absolute atomic E-state index is 11.6. The average Bonchev–Trinajstić information content (AvgIpc) is 3.29. The standard InChI is InChI=1S/C19H16N4O2S/c24-19-20-8-9-23(19)10-11-25-18-15(7-6-14-4-2-1-3-5-14)21-16-12-26-13-17(16)22-18/h1-5,12-13H,8-11H2,(H,20,24). The highest BCUT2D eigenvalue weighted by atomic mass is 32.1. The summed E-state index contributed by atoms with van der Waals surface area (Å²) in [5, 5.41) is 6.64. The number of rotatable bonds is 4. The van der Waals surface area contributed by atoms with Gasteiger partial charge in [-0.15, -0.1) is 11.3 Å². The summed E-state index contributed by atoms with van der Waals surface area (Å²) in [5.41, 5.74) is 3.00. The first-order valence-corrected chi connectivity index (χ1v) is 9.20. The van der Waals surface area contributed by atoms with Crippen LogP contribution in [0.25, 0.3) is 11.0 Å². The van der Waals surface area contributed by atoms with Crippen molar-refractivity contribution in [3.8, 4) is 17.7 Å². The van der Waals surface area contributed by atoms with Crippen LogP contribution in [0.4, 0.5) is 4.79 Å². The second-order valence-electron chi connectivity index (χ2n) is 5.70. The molecule has 0 saturated carbocycles. The Bertz CT molecular complexity index is 991. The van der Waals surface area contributed by atoms with E-state index in [1.54, 1.807) is 4.90 Å². The predicted octanol–water partition coefficient (Wildman–Crippen LogP) is 2.50. The number of amides is 2. The van der Waals surface area contributed by atoms with Gasteiger partial charge in [0.25, 0.3) is 0 Å². The fraction of sp³-hybridized carbons (Fsp3) is 0.211. The van der Waals surface area contributed by atoms with E-state index < -0.39 is 0 Å². The fourth-order valence-electron chi connectivity index (χ4n) is 2.59. The van der Waals surface area contributed by atoms with E-state index in [1.807, 2.05) is 41.1 Å². The Hall–Kier alpha value is -3.11. The SMILES string of the molecule is O=C1NCCN1CCOc1nc2cscc2nc1C#Cc1ccccc1. The molecule has 1 saturated heterocycles. The molecule has 0 atom stereocenters.